The van der Waals surface area contributed by atoms with Crippen LogP contribution in [-0.4, -0.2) is 14.9 Å². The fourth-order valence-electron chi connectivity index (χ4n) is 2.40. The highest BCUT2D eigenvalue weighted by Gasteiger charge is 2.05. The first-order valence-corrected chi connectivity index (χ1v) is 8.71. The summed E-state index contributed by atoms with van der Waals surface area (Å²) in [7, 11) is 0. The Bertz CT molecular complexity index is 887. The van der Waals surface area contributed by atoms with E-state index in [4.69, 9.17) is 23.8 Å². The Morgan fingerprint density at radius 2 is 1.84 bits per heavy atom. The normalized spacial score (nSPS) is 10.5. The van der Waals surface area contributed by atoms with Crippen molar-refractivity contribution in [2.75, 3.05) is 10.6 Å². The number of rotatable bonds is 4. The number of nitrogens with zero attached hydrogens (tertiary/aromatic N) is 2. The molecule has 0 aliphatic rings. The second-order valence-electron chi connectivity index (χ2n) is 5.92. The van der Waals surface area contributed by atoms with Gasteiger partial charge in [0.25, 0.3) is 0 Å². The van der Waals surface area contributed by atoms with Crippen LogP contribution in [0.15, 0.2) is 54.7 Å². The molecule has 128 valence electrons. The van der Waals surface area contributed by atoms with Crippen LogP contribution in [0.25, 0.3) is 0 Å². The molecule has 2 N–H and O–H groups in total. The highest BCUT2D eigenvalue weighted by atomic mass is 35.5. The van der Waals surface area contributed by atoms with E-state index in [-0.39, 0.29) is 0 Å². The number of thiocarbonyl (C=S) groups is 1. The third kappa shape index (κ3) is 4.81. The van der Waals surface area contributed by atoms with Gasteiger partial charge in [-0.2, -0.15) is 5.10 Å². The average molecular weight is 371 g/mol. The van der Waals surface area contributed by atoms with Gasteiger partial charge in [-0.1, -0.05) is 47.5 Å². The summed E-state index contributed by atoms with van der Waals surface area (Å²) in [6.45, 7) is 4.79. The Morgan fingerprint density at radius 3 is 2.60 bits per heavy atom. The summed E-state index contributed by atoms with van der Waals surface area (Å²) in [5.74, 6) is 0.698. The number of aryl methyl sites for hydroxylation is 2. The van der Waals surface area contributed by atoms with Gasteiger partial charge in [-0.05, 0) is 49.3 Å². The zero-order valence-electron chi connectivity index (χ0n) is 14.1. The van der Waals surface area contributed by atoms with Crippen LogP contribution in [0.4, 0.5) is 11.5 Å². The molecule has 4 nitrogen and oxygen atoms in total. The second kappa shape index (κ2) is 7.68. The Kier molecular flexibility index (Phi) is 5.36. The number of halogens is 1. The lowest BCUT2D eigenvalue weighted by Crippen LogP contribution is -2.20. The van der Waals surface area contributed by atoms with Gasteiger partial charge >= 0.3 is 0 Å². The first kappa shape index (κ1) is 17.5. The van der Waals surface area contributed by atoms with Crippen molar-refractivity contribution in [2.24, 2.45) is 0 Å². The van der Waals surface area contributed by atoms with Crippen LogP contribution >= 0.6 is 23.8 Å². The Morgan fingerprint density at radius 1 is 1.08 bits per heavy atom. The minimum absolute atomic E-state index is 0.478. The van der Waals surface area contributed by atoms with Crippen molar-refractivity contribution in [1.82, 2.24) is 9.78 Å². The van der Waals surface area contributed by atoms with Crippen LogP contribution in [0.1, 0.15) is 16.7 Å². The van der Waals surface area contributed by atoms with Crippen LogP contribution in [0, 0.1) is 13.8 Å². The van der Waals surface area contributed by atoms with Crippen LogP contribution in [0.3, 0.4) is 0 Å². The lowest BCUT2D eigenvalue weighted by molar-refractivity contribution is 0.690. The molecule has 2 aromatic carbocycles. The molecule has 0 aliphatic heterocycles. The van der Waals surface area contributed by atoms with E-state index >= 15 is 0 Å². The first-order valence-electron chi connectivity index (χ1n) is 7.93. The number of anilines is 2. The number of hydrogen-bond donors (Lipinski definition) is 2. The van der Waals surface area contributed by atoms with Crippen LogP contribution in [-0.2, 0) is 6.54 Å². The van der Waals surface area contributed by atoms with Gasteiger partial charge in [0.2, 0.25) is 0 Å². The van der Waals surface area contributed by atoms with Crippen molar-refractivity contribution in [1.29, 1.82) is 0 Å². The maximum Gasteiger partial charge on any atom is 0.176 e. The molecular formula is C19H19ClN4S. The zero-order chi connectivity index (χ0) is 17.8. The molecule has 0 radical (unpaired) electrons. The number of nitrogens with one attached hydrogen (secondary N) is 2. The van der Waals surface area contributed by atoms with Crippen LogP contribution in [0.2, 0.25) is 5.02 Å². The molecule has 0 bridgehead atoms. The molecule has 0 aliphatic carbocycles. The SMILES string of the molecule is Cc1ccc(Cn2ccc(NC(=S)Nc3cc(Cl)ccc3C)n2)cc1. The maximum atomic E-state index is 6.03. The molecule has 6 heteroatoms. The number of hydrogen-bond acceptors (Lipinski definition) is 2. The van der Waals surface area contributed by atoms with E-state index in [0.29, 0.717) is 16.0 Å². The molecule has 0 spiro atoms. The molecule has 0 saturated heterocycles. The van der Waals surface area contributed by atoms with Crippen LogP contribution in [0.5, 0.6) is 0 Å². The van der Waals surface area contributed by atoms with E-state index in [2.05, 4.69) is 46.9 Å². The topological polar surface area (TPSA) is 41.9 Å². The van der Waals surface area contributed by atoms with Gasteiger partial charge in [0.15, 0.2) is 10.9 Å². The van der Waals surface area contributed by atoms with E-state index in [1.165, 1.54) is 11.1 Å². The minimum Gasteiger partial charge on any atom is -0.332 e. The smallest absolute Gasteiger partial charge is 0.176 e. The third-order valence-electron chi connectivity index (χ3n) is 3.80. The molecular weight excluding hydrogens is 352 g/mol. The quantitative estimate of drug-likeness (QED) is 0.633. The van der Waals surface area contributed by atoms with Gasteiger partial charge in [0, 0.05) is 23.0 Å². The summed E-state index contributed by atoms with van der Waals surface area (Å²) >= 11 is 11.4. The molecule has 3 aromatic rings. The van der Waals surface area contributed by atoms with Crippen molar-refractivity contribution in [3.63, 3.8) is 0 Å². The summed E-state index contributed by atoms with van der Waals surface area (Å²) < 4.78 is 1.88. The molecule has 0 fully saturated rings. The zero-order valence-corrected chi connectivity index (χ0v) is 15.7. The summed E-state index contributed by atoms with van der Waals surface area (Å²) in [5, 5.41) is 11.9. The van der Waals surface area contributed by atoms with E-state index < -0.39 is 0 Å². The lowest BCUT2D eigenvalue weighted by atomic mass is 10.1. The molecule has 0 saturated carbocycles. The van der Waals surface area contributed by atoms with E-state index in [0.717, 1.165) is 17.8 Å². The van der Waals surface area contributed by atoms with Gasteiger partial charge < -0.3 is 10.6 Å². The summed E-state index contributed by atoms with van der Waals surface area (Å²) in [4.78, 5) is 0. The third-order valence-corrected chi connectivity index (χ3v) is 4.23. The monoisotopic (exact) mass is 370 g/mol. The standard InChI is InChI=1S/C19H19ClN4S/c1-13-3-6-15(7-4-13)12-24-10-9-18(23-24)22-19(25)21-17-11-16(20)8-5-14(17)2/h3-11H,12H2,1-2H3,(H2,21,22,23,25). The molecule has 25 heavy (non-hydrogen) atoms. The fraction of sp³-hybridized carbons (Fsp3) is 0.158. The van der Waals surface area contributed by atoms with Crippen molar-refractivity contribution >= 4 is 40.4 Å². The Hall–Kier alpha value is -2.37. The number of benzene rings is 2. The predicted molar refractivity (Wildman–Crippen MR) is 109 cm³/mol. The minimum atomic E-state index is 0.478. The molecule has 0 unspecified atom stereocenters. The molecule has 3 rings (SSSR count). The van der Waals surface area contributed by atoms with Gasteiger partial charge in [-0.15, -0.1) is 0 Å². The van der Waals surface area contributed by atoms with Gasteiger partial charge in [0.05, 0.1) is 6.54 Å². The van der Waals surface area contributed by atoms with Crippen molar-refractivity contribution in [3.05, 3.63) is 76.4 Å². The van der Waals surface area contributed by atoms with Gasteiger partial charge in [-0.3, -0.25) is 4.68 Å². The Balaban J connectivity index is 1.61. The fourth-order valence-corrected chi connectivity index (χ4v) is 2.78. The lowest BCUT2D eigenvalue weighted by Gasteiger charge is -2.11. The summed E-state index contributed by atoms with van der Waals surface area (Å²) in [6.07, 6.45) is 1.93. The summed E-state index contributed by atoms with van der Waals surface area (Å²) in [5.41, 5.74) is 4.40. The second-order valence-corrected chi connectivity index (χ2v) is 6.77. The molecule has 0 atom stereocenters. The van der Waals surface area contributed by atoms with Crippen LogP contribution < -0.4 is 10.6 Å². The van der Waals surface area contributed by atoms with Crippen molar-refractivity contribution < 1.29 is 0 Å². The molecule has 0 amide bonds. The number of aromatic nitrogens is 2. The highest BCUT2D eigenvalue weighted by molar-refractivity contribution is 7.80. The Labute approximate surface area is 157 Å². The average Bonchev–Trinajstić information content (AvgIpc) is 3.00. The highest BCUT2D eigenvalue weighted by Crippen LogP contribution is 2.20. The van der Waals surface area contributed by atoms with Gasteiger partial charge in [-0.25, -0.2) is 0 Å². The summed E-state index contributed by atoms with van der Waals surface area (Å²) in [6, 6.07) is 16.0. The van der Waals surface area contributed by atoms with E-state index in [9.17, 15) is 0 Å². The maximum absolute atomic E-state index is 6.03. The van der Waals surface area contributed by atoms with E-state index in [1.807, 2.05) is 42.1 Å². The molecule has 1 heterocycles. The first-order chi connectivity index (χ1) is 12.0. The van der Waals surface area contributed by atoms with Crippen molar-refractivity contribution in [3.8, 4) is 0 Å². The molecule has 1 aromatic heterocycles. The largest absolute Gasteiger partial charge is 0.332 e. The van der Waals surface area contributed by atoms with E-state index in [1.54, 1.807) is 0 Å². The van der Waals surface area contributed by atoms with Gasteiger partial charge in [0.1, 0.15) is 0 Å². The van der Waals surface area contributed by atoms with Crippen molar-refractivity contribution in [2.45, 2.75) is 20.4 Å². The predicted octanol–water partition coefficient (Wildman–Crippen LogP) is 5.01.